The van der Waals surface area contributed by atoms with Crippen LogP contribution in [0.2, 0.25) is 5.02 Å². The van der Waals surface area contributed by atoms with Gasteiger partial charge in [0.15, 0.2) is 0 Å². The predicted molar refractivity (Wildman–Crippen MR) is 67.3 cm³/mol. The molecule has 0 aliphatic rings. The van der Waals surface area contributed by atoms with Gasteiger partial charge in [0.25, 0.3) is 5.56 Å². The van der Waals surface area contributed by atoms with Crippen LogP contribution < -0.4 is 10.9 Å². The van der Waals surface area contributed by atoms with Crippen molar-refractivity contribution >= 4 is 17.3 Å². The first-order valence-corrected chi connectivity index (χ1v) is 5.46. The molecular formula is C11H14ClN3O2. The minimum Gasteiger partial charge on any atom is -0.383 e. The highest BCUT2D eigenvalue weighted by atomic mass is 35.5. The van der Waals surface area contributed by atoms with Crippen molar-refractivity contribution in [3.63, 3.8) is 0 Å². The van der Waals surface area contributed by atoms with Crippen LogP contribution in [-0.2, 0) is 11.3 Å². The molecule has 0 saturated heterocycles. The number of methoxy groups -OCH3 is 1. The van der Waals surface area contributed by atoms with Crippen molar-refractivity contribution < 1.29 is 4.74 Å². The van der Waals surface area contributed by atoms with Crippen LogP contribution in [0.3, 0.4) is 0 Å². The Hall–Kier alpha value is -1.51. The molecule has 0 saturated carbocycles. The van der Waals surface area contributed by atoms with Gasteiger partial charge in [-0.15, -0.1) is 5.92 Å². The molecule has 92 valence electrons. The Morgan fingerprint density at radius 2 is 2.41 bits per heavy atom. The van der Waals surface area contributed by atoms with Gasteiger partial charge in [-0.05, 0) is 6.92 Å². The molecule has 0 fully saturated rings. The second-order valence-electron chi connectivity index (χ2n) is 3.17. The van der Waals surface area contributed by atoms with Crippen LogP contribution in [0.4, 0.5) is 5.69 Å². The first-order chi connectivity index (χ1) is 8.20. The number of hydrogen-bond acceptors (Lipinski definition) is 4. The Balaban J connectivity index is 2.85. The Kier molecular flexibility index (Phi) is 5.53. The van der Waals surface area contributed by atoms with Crippen LogP contribution >= 0.6 is 11.6 Å². The minimum atomic E-state index is -0.335. The quantitative estimate of drug-likeness (QED) is 0.797. The maximum atomic E-state index is 11.8. The van der Waals surface area contributed by atoms with Gasteiger partial charge in [0, 0.05) is 7.11 Å². The number of halogens is 1. The van der Waals surface area contributed by atoms with Gasteiger partial charge in [-0.25, -0.2) is 4.68 Å². The molecule has 0 aliphatic carbocycles. The van der Waals surface area contributed by atoms with E-state index in [4.69, 9.17) is 16.3 Å². The third-order valence-electron chi connectivity index (χ3n) is 2.04. The molecule has 1 aromatic heterocycles. The molecule has 0 bridgehead atoms. The summed E-state index contributed by atoms with van der Waals surface area (Å²) in [6.45, 7) is 2.96. The van der Waals surface area contributed by atoms with E-state index in [0.29, 0.717) is 25.4 Å². The number of ether oxygens (including phenoxy) is 1. The van der Waals surface area contributed by atoms with E-state index in [2.05, 4.69) is 22.3 Å². The van der Waals surface area contributed by atoms with E-state index in [1.54, 1.807) is 14.0 Å². The fourth-order valence-corrected chi connectivity index (χ4v) is 1.37. The molecule has 1 heterocycles. The number of nitrogens with zero attached hydrogens (tertiary/aromatic N) is 2. The topological polar surface area (TPSA) is 56.1 Å². The number of nitrogens with one attached hydrogen (secondary N) is 1. The first-order valence-electron chi connectivity index (χ1n) is 5.08. The van der Waals surface area contributed by atoms with Gasteiger partial charge in [0.2, 0.25) is 0 Å². The monoisotopic (exact) mass is 255 g/mol. The highest BCUT2D eigenvalue weighted by Gasteiger charge is 2.08. The largest absolute Gasteiger partial charge is 0.383 e. The van der Waals surface area contributed by atoms with E-state index >= 15 is 0 Å². The number of hydrogen-bond donors (Lipinski definition) is 1. The summed E-state index contributed by atoms with van der Waals surface area (Å²) in [5, 5.41) is 7.03. The molecule has 1 N–H and O–H groups in total. The Morgan fingerprint density at radius 3 is 3.06 bits per heavy atom. The molecule has 0 unspecified atom stereocenters. The molecule has 6 heteroatoms. The minimum absolute atomic E-state index is 0.119. The van der Waals surface area contributed by atoms with E-state index in [0.717, 1.165) is 0 Å². The van der Waals surface area contributed by atoms with Gasteiger partial charge < -0.3 is 10.1 Å². The lowest BCUT2D eigenvalue weighted by Gasteiger charge is -2.08. The lowest BCUT2D eigenvalue weighted by Crippen LogP contribution is -2.26. The Bertz CT molecular complexity index is 488. The summed E-state index contributed by atoms with van der Waals surface area (Å²) in [7, 11) is 1.56. The maximum absolute atomic E-state index is 11.8. The molecule has 0 aliphatic heterocycles. The molecule has 0 amide bonds. The number of anilines is 1. The van der Waals surface area contributed by atoms with E-state index in [-0.39, 0.29) is 10.6 Å². The molecule has 5 nitrogen and oxygen atoms in total. The van der Waals surface area contributed by atoms with Crippen LogP contribution in [0.15, 0.2) is 11.0 Å². The molecule has 0 spiro atoms. The number of rotatable bonds is 5. The zero-order valence-electron chi connectivity index (χ0n) is 9.79. The van der Waals surface area contributed by atoms with Gasteiger partial charge in [-0.3, -0.25) is 4.79 Å². The average molecular weight is 256 g/mol. The second-order valence-corrected chi connectivity index (χ2v) is 3.55. The van der Waals surface area contributed by atoms with E-state index < -0.39 is 0 Å². The highest BCUT2D eigenvalue weighted by Crippen LogP contribution is 2.14. The zero-order valence-corrected chi connectivity index (χ0v) is 10.5. The zero-order chi connectivity index (χ0) is 12.7. The van der Waals surface area contributed by atoms with Gasteiger partial charge in [-0.2, -0.15) is 5.10 Å². The molecule has 0 aromatic carbocycles. The third-order valence-corrected chi connectivity index (χ3v) is 2.40. The highest BCUT2D eigenvalue weighted by molar-refractivity contribution is 6.32. The summed E-state index contributed by atoms with van der Waals surface area (Å²) in [6.07, 6.45) is 1.51. The van der Waals surface area contributed by atoms with E-state index in [9.17, 15) is 4.79 Å². The smallest absolute Gasteiger partial charge is 0.287 e. The SMILES string of the molecule is CC#CCNc1cnn(CCOC)c(=O)c1Cl. The molecule has 17 heavy (non-hydrogen) atoms. The maximum Gasteiger partial charge on any atom is 0.287 e. The lowest BCUT2D eigenvalue weighted by molar-refractivity contribution is 0.182. The van der Waals surface area contributed by atoms with Crippen molar-refractivity contribution in [3.8, 4) is 11.8 Å². The fraction of sp³-hybridized carbons (Fsp3) is 0.455. The summed E-state index contributed by atoms with van der Waals surface area (Å²) in [5.41, 5.74) is 0.159. The molecule has 0 radical (unpaired) electrons. The summed E-state index contributed by atoms with van der Waals surface area (Å²) in [6, 6.07) is 0. The average Bonchev–Trinajstić information content (AvgIpc) is 2.34. The summed E-state index contributed by atoms with van der Waals surface area (Å²) < 4.78 is 6.14. The third kappa shape index (κ3) is 3.77. The van der Waals surface area contributed by atoms with Gasteiger partial charge >= 0.3 is 0 Å². The van der Waals surface area contributed by atoms with E-state index in [1.807, 2.05) is 0 Å². The van der Waals surface area contributed by atoms with Crippen molar-refractivity contribution in [1.29, 1.82) is 0 Å². The first kappa shape index (κ1) is 13.6. The van der Waals surface area contributed by atoms with Crippen LogP contribution in [-0.4, -0.2) is 30.0 Å². The second kappa shape index (κ2) is 6.94. The van der Waals surface area contributed by atoms with Gasteiger partial charge in [0.1, 0.15) is 5.02 Å². The number of aromatic nitrogens is 2. The van der Waals surface area contributed by atoms with Crippen LogP contribution in [0.25, 0.3) is 0 Å². The fourth-order valence-electron chi connectivity index (χ4n) is 1.15. The predicted octanol–water partition coefficient (Wildman–Crippen LogP) is 0.978. The molecule has 1 rings (SSSR count). The summed E-state index contributed by atoms with van der Waals surface area (Å²) in [4.78, 5) is 11.8. The van der Waals surface area contributed by atoms with Crippen LogP contribution in [0.1, 0.15) is 6.92 Å². The summed E-state index contributed by atoms with van der Waals surface area (Å²) in [5.74, 6) is 5.55. The van der Waals surface area contributed by atoms with Crippen molar-refractivity contribution in [2.24, 2.45) is 0 Å². The molecule has 1 aromatic rings. The van der Waals surface area contributed by atoms with E-state index in [1.165, 1.54) is 10.9 Å². The van der Waals surface area contributed by atoms with Gasteiger partial charge in [-0.1, -0.05) is 17.5 Å². The van der Waals surface area contributed by atoms with Gasteiger partial charge in [0.05, 0.1) is 31.6 Å². The van der Waals surface area contributed by atoms with Crippen LogP contribution in [0.5, 0.6) is 0 Å². The van der Waals surface area contributed by atoms with Crippen molar-refractivity contribution in [1.82, 2.24) is 9.78 Å². The standard InChI is InChI=1S/C11H14ClN3O2/c1-3-4-5-13-9-8-14-15(6-7-17-2)11(16)10(9)12/h8,13H,5-7H2,1-2H3. The van der Waals surface area contributed by atoms with Crippen LogP contribution in [0, 0.1) is 11.8 Å². The van der Waals surface area contributed by atoms with Crippen molar-refractivity contribution in [2.45, 2.75) is 13.5 Å². The van der Waals surface area contributed by atoms with Crippen molar-refractivity contribution in [2.75, 3.05) is 25.6 Å². The molecular weight excluding hydrogens is 242 g/mol. The summed E-state index contributed by atoms with van der Waals surface area (Å²) >= 11 is 5.93. The Morgan fingerprint density at radius 1 is 1.65 bits per heavy atom. The molecule has 0 atom stereocenters. The Labute approximate surface area is 105 Å². The lowest BCUT2D eigenvalue weighted by atomic mass is 10.4. The normalized spacial score (nSPS) is 9.59. The van der Waals surface area contributed by atoms with Crippen molar-refractivity contribution in [3.05, 3.63) is 21.6 Å².